The van der Waals surface area contributed by atoms with Gasteiger partial charge < -0.3 is 10.3 Å². The van der Waals surface area contributed by atoms with E-state index in [1.807, 2.05) is 24.3 Å². The van der Waals surface area contributed by atoms with Crippen molar-refractivity contribution in [2.75, 3.05) is 6.54 Å². The van der Waals surface area contributed by atoms with E-state index in [4.69, 9.17) is 0 Å². The first-order valence-corrected chi connectivity index (χ1v) is 8.74. The fourth-order valence-corrected chi connectivity index (χ4v) is 3.09. The normalized spacial score (nSPS) is 11.2. The number of fused-ring (bicyclic) bond motifs is 2. The third-order valence-corrected chi connectivity index (χ3v) is 4.62. The minimum atomic E-state index is -0.493. The van der Waals surface area contributed by atoms with Crippen molar-refractivity contribution >= 4 is 28.0 Å². The molecular formula is C19H18N6O3. The zero-order valence-corrected chi connectivity index (χ0v) is 15.4. The van der Waals surface area contributed by atoms with Crippen LogP contribution in [0.3, 0.4) is 0 Å². The number of aryl methyl sites for hydroxylation is 1. The Morgan fingerprint density at radius 3 is 2.64 bits per heavy atom. The smallest absolute Gasteiger partial charge is 0.332 e. The van der Waals surface area contributed by atoms with Gasteiger partial charge in [0, 0.05) is 27.1 Å². The average molecular weight is 378 g/mol. The van der Waals surface area contributed by atoms with Gasteiger partial charge in [0.1, 0.15) is 17.2 Å². The summed E-state index contributed by atoms with van der Waals surface area (Å²) in [5, 5.41) is 3.07. The Labute approximate surface area is 158 Å². The number of nitrogens with one attached hydrogen (secondary N) is 2. The molecular weight excluding hydrogens is 360 g/mol. The molecule has 0 aliphatic carbocycles. The van der Waals surface area contributed by atoms with Crippen molar-refractivity contribution in [3.8, 4) is 0 Å². The van der Waals surface area contributed by atoms with Crippen LogP contribution in [0, 0.1) is 0 Å². The quantitative estimate of drug-likeness (QED) is 0.536. The van der Waals surface area contributed by atoms with Crippen LogP contribution in [0.1, 0.15) is 16.3 Å². The molecule has 9 heteroatoms. The van der Waals surface area contributed by atoms with Gasteiger partial charge in [-0.3, -0.25) is 18.7 Å². The second-order valence-corrected chi connectivity index (χ2v) is 6.48. The Balaban J connectivity index is 1.52. The minimum absolute atomic E-state index is 0.139. The molecule has 0 saturated carbocycles. The highest BCUT2D eigenvalue weighted by Gasteiger charge is 2.14. The number of aromatic amines is 1. The first-order valence-electron chi connectivity index (χ1n) is 8.74. The van der Waals surface area contributed by atoms with Gasteiger partial charge in [0.05, 0.1) is 16.4 Å². The third kappa shape index (κ3) is 2.96. The van der Waals surface area contributed by atoms with Crippen molar-refractivity contribution in [2.24, 2.45) is 14.1 Å². The van der Waals surface area contributed by atoms with Gasteiger partial charge in [-0.15, -0.1) is 0 Å². The van der Waals surface area contributed by atoms with Crippen molar-refractivity contribution in [3.63, 3.8) is 0 Å². The summed E-state index contributed by atoms with van der Waals surface area (Å²) in [6.45, 7) is 0.369. The van der Waals surface area contributed by atoms with E-state index in [1.54, 1.807) is 0 Å². The molecule has 142 valence electrons. The fraction of sp³-hybridized carbons (Fsp3) is 0.211. The third-order valence-electron chi connectivity index (χ3n) is 4.62. The van der Waals surface area contributed by atoms with Crippen molar-refractivity contribution in [3.05, 3.63) is 68.8 Å². The summed E-state index contributed by atoms with van der Waals surface area (Å²) in [5.41, 5.74) is 1.21. The Morgan fingerprint density at radius 2 is 1.86 bits per heavy atom. The molecule has 0 atom stereocenters. The number of aromatic nitrogens is 5. The predicted molar refractivity (Wildman–Crippen MR) is 104 cm³/mol. The highest BCUT2D eigenvalue weighted by atomic mass is 16.2. The minimum Gasteiger partial charge on any atom is -0.350 e. The van der Waals surface area contributed by atoms with Crippen LogP contribution >= 0.6 is 0 Å². The van der Waals surface area contributed by atoms with Crippen LogP contribution in [-0.2, 0) is 20.5 Å². The van der Waals surface area contributed by atoms with Crippen molar-refractivity contribution in [1.29, 1.82) is 0 Å². The van der Waals surface area contributed by atoms with Crippen LogP contribution in [0.25, 0.3) is 22.1 Å². The SMILES string of the molecule is Cn1c(=O)c2ccc(C(=O)NCCc3nc4ccccc4[nH]3)nc2n(C)c1=O. The van der Waals surface area contributed by atoms with E-state index in [-0.39, 0.29) is 22.6 Å². The molecule has 1 amide bonds. The molecule has 0 bridgehead atoms. The Hall–Kier alpha value is -3.75. The molecule has 0 aliphatic heterocycles. The number of para-hydroxylation sites is 2. The van der Waals surface area contributed by atoms with E-state index in [9.17, 15) is 14.4 Å². The molecule has 3 heterocycles. The monoisotopic (exact) mass is 378 g/mol. The van der Waals surface area contributed by atoms with E-state index < -0.39 is 11.2 Å². The second kappa shape index (κ2) is 6.76. The van der Waals surface area contributed by atoms with Crippen LogP contribution < -0.4 is 16.6 Å². The maximum absolute atomic E-state index is 12.4. The molecule has 0 unspecified atom stereocenters. The Morgan fingerprint density at radius 1 is 1.07 bits per heavy atom. The number of carbonyl (C=O) groups excluding carboxylic acids is 1. The number of carbonyl (C=O) groups is 1. The van der Waals surface area contributed by atoms with Gasteiger partial charge in [-0.05, 0) is 24.3 Å². The number of rotatable bonds is 4. The van der Waals surface area contributed by atoms with Gasteiger partial charge in [0.15, 0.2) is 0 Å². The molecule has 9 nitrogen and oxygen atoms in total. The molecule has 3 aromatic heterocycles. The number of imidazole rings is 1. The number of nitrogens with zero attached hydrogens (tertiary/aromatic N) is 4. The van der Waals surface area contributed by atoms with Gasteiger partial charge in [-0.25, -0.2) is 14.8 Å². The van der Waals surface area contributed by atoms with E-state index >= 15 is 0 Å². The zero-order chi connectivity index (χ0) is 19.8. The summed E-state index contributed by atoms with van der Waals surface area (Å²) in [4.78, 5) is 48.6. The second-order valence-electron chi connectivity index (χ2n) is 6.48. The molecule has 0 spiro atoms. The maximum atomic E-state index is 12.4. The van der Waals surface area contributed by atoms with E-state index in [0.29, 0.717) is 13.0 Å². The molecule has 0 saturated heterocycles. The number of H-pyrrole nitrogens is 1. The molecule has 4 aromatic rings. The molecule has 4 rings (SSSR count). The average Bonchev–Trinajstić information content (AvgIpc) is 3.13. The molecule has 0 aliphatic rings. The zero-order valence-electron chi connectivity index (χ0n) is 15.4. The predicted octanol–water partition coefficient (Wildman–Crippen LogP) is 0.481. The van der Waals surface area contributed by atoms with Gasteiger partial charge in [-0.2, -0.15) is 0 Å². The van der Waals surface area contributed by atoms with E-state index in [1.165, 1.54) is 30.8 Å². The van der Waals surface area contributed by atoms with Crippen LogP contribution in [0.15, 0.2) is 46.0 Å². The summed E-state index contributed by atoms with van der Waals surface area (Å²) in [6.07, 6.45) is 0.535. The topological polar surface area (TPSA) is 115 Å². The number of hydrogen-bond acceptors (Lipinski definition) is 5. The Kier molecular flexibility index (Phi) is 4.26. The van der Waals surface area contributed by atoms with E-state index in [0.717, 1.165) is 21.4 Å². The number of amides is 1. The van der Waals surface area contributed by atoms with Gasteiger partial charge in [-0.1, -0.05) is 12.1 Å². The van der Waals surface area contributed by atoms with Crippen LogP contribution in [0.2, 0.25) is 0 Å². The van der Waals surface area contributed by atoms with Crippen molar-refractivity contribution in [1.82, 2.24) is 29.4 Å². The lowest BCUT2D eigenvalue weighted by atomic mass is 10.2. The lowest BCUT2D eigenvalue weighted by Crippen LogP contribution is -2.37. The summed E-state index contributed by atoms with van der Waals surface area (Å²) < 4.78 is 2.26. The summed E-state index contributed by atoms with van der Waals surface area (Å²) >= 11 is 0. The number of hydrogen-bond donors (Lipinski definition) is 2. The molecule has 0 fully saturated rings. The van der Waals surface area contributed by atoms with Crippen LogP contribution in [0.5, 0.6) is 0 Å². The largest absolute Gasteiger partial charge is 0.350 e. The standard InChI is InChI=1S/C19H18N6O3/c1-24-16-11(18(27)25(2)19(24)28)7-8-14(23-16)17(26)20-10-9-15-21-12-5-3-4-6-13(12)22-15/h3-8H,9-10H2,1-2H3,(H,20,26)(H,21,22). The Bertz CT molecular complexity index is 1300. The first-order chi connectivity index (χ1) is 13.5. The summed E-state index contributed by atoms with van der Waals surface area (Å²) in [7, 11) is 2.92. The van der Waals surface area contributed by atoms with Crippen LogP contribution in [0.4, 0.5) is 0 Å². The maximum Gasteiger partial charge on any atom is 0.332 e. The van der Waals surface area contributed by atoms with Crippen molar-refractivity contribution in [2.45, 2.75) is 6.42 Å². The molecule has 0 radical (unpaired) electrons. The lowest BCUT2D eigenvalue weighted by Gasteiger charge is -2.08. The van der Waals surface area contributed by atoms with Gasteiger partial charge in [0.2, 0.25) is 0 Å². The molecule has 1 aromatic carbocycles. The summed E-state index contributed by atoms with van der Waals surface area (Å²) in [5.74, 6) is 0.394. The fourth-order valence-electron chi connectivity index (χ4n) is 3.09. The highest BCUT2D eigenvalue weighted by molar-refractivity contribution is 5.94. The first kappa shape index (κ1) is 17.7. The number of pyridine rings is 1. The van der Waals surface area contributed by atoms with Gasteiger partial charge in [0.25, 0.3) is 11.5 Å². The van der Waals surface area contributed by atoms with E-state index in [2.05, 4.69) is 20.3 Å². The van der Waals surface area contributed by atoms with Crippen LogP contribution in [-0.4, -0.2) is 36.5 Å². The molecule has 28 heavy (non-hydrogen) atoms. The lowest BCUT2D eigenvalue weighted by molar-refractivity contribution is 0.0949. The number of benzene rings is 1. The van der Waals surface area contributed by atoms with Gasteiger partial charge >= 0.3 is 5.69 Å². The van der Waals surface area contributed by atoms with Crippen molar-refractivity contribution < 1.29 is 4.79 Å². The highest BCUT2D eigenvalue weighted by Crippen LogP contribution is 2.10. The molecule has 2 N–H and O–H groups in total. The summed E-state index contributed by atoms with van der Waals surface area (Å²) in [6, 6.07) is 10.7.